The minimum absolute atomic E-state index is 0.356. The molecule has 1 aromatic heterocycles. The lowest BCUT2D eigenvalue weighted by Crippen LogP contribution is -2.35. The van der Waals surface area contributed by atoms with Gasteiger partial charge in [-0.15, -0.1) is 0 Å². The summed E-state index contributed by atoms with van der Waals surface area (Å²) in [6.45, 7) is 0.780. The van der Waals surface area contributed by atoms with E-state index in [4.69, 9.17) is 4.74 Å². The number of rotatable bonds is 5. The molecule has 0 aliphatic heterocycles. The first kappa shape index (κ1) is 15.8. The molecule has 0 bridgehead atoms. The van der Waals surface area contributed by atoms with Crippen LogP contribution in [-0.4, -0.2) is 59.1 Å². The number of guanidine groups is 1. The standard InChI is InChI=1S/C15H22N6O/c1-20(2)15(21(3)4)16-10-13-17-14(19-18-13)11-22-12-8-6-5-7-9-12/h5-9H,10-11H2,1-4H3,(H,17,18,19). The highest BCUT2D eigenvalue weighted by molar-refractivity contribution is 5.79. The van der Waals surface area contributed by atoms with Gasteiger partial charge in [-0.25, -0.2) is 9.98 Å². The summed E-state index contributed by atoms with van der Waals surface area (Å²) in [5.41, 5.74) is 0. The molecule has 2 aromatic rings. The summed E-state index contributed by atoms with van der Waals surface area (Å²) in [6, 6.07) is 9.62. The Balaban J connectivity index is 1.92. The maximum atomic E-state index is 5.62. The Hall–Kier alpha value is -2.57. The third-order valence-corrected chi connectivity index (χ3v) is 2.86. The second kappa shape index (κ2) is 7.44. The summed E-state index contributed by atoms with van der Waals surface area (Å²) in [7, 11) is 7.82. The van der Waals surface area contributed by atoms with E-state index in [1.54, 1.807) is 0 Å². The van der Waals surface area contributed by atoms with Gasteiger partial charge in [0.25, 0.3) is 0 Å². The molecule has 7 heteroatoms. The molecule has 22 heavy (non-hydrogen) atoms. The lowest BCUT2D eigenvalue weighted by atomic mass is 10.3. The number of nitrogens with zero attached hydrogens (tertiary/aromatic N) is 5. The van der Waals surface area contributed by atoms with Crippen molar-refractivity contribution in [3.8, 4) is 5.75 Å². The fourth-order valence-electron chi connectivity index (χ4n) is 1.96. The van der Waals surface area contributed by atoms with Crippen molar-refractivity contribution in [3.63, 3.8) is 0 Å². The van der Waals surface area contributed by atoms with Crippen molar-refractivity contribution >= 4 is 5.96 Å². The second-order valence-electron chi connectivity index (χ2n) is 5.21. The Morgan fingerprint density at radius 2 is 1.82 bits per heavy atom. The molecule has 2 rings (SSSR count). The zero-order chi connectivity index (χ0) is 15.9. The molecule has 1 N–H and O–H groups in total. The van der Waals surface area contributed by atoms with Crippen LogP contribution >= 0.6 is 0 Å². The number of hydrogen-bond donors (Lipinski definition) is 1. The summed E-state index contributed by atoms with van der Waals surface area (Å²) in [5.74, 6) is 3.01. The van der Waals surface area contributed by atoms with Gasteiger partial charge in [-0.2, -0.15) is 5.10 Å². The fourth-order valence-corrected chi connectivity index (χ4v) is 1.96. The van der Waals surface area contributed by atoms with Crippen LogP contribution in [-0.2, 0) is 13.2 Å². The van der Waals surface area contributed by atoms with Gasteiger partial charge in [0.15, 0.2) is 17.6 Å². The smallest absolute Gasteiger partial charge is 0.195 e. The van der Waals surface area contributed by atoms with E-state index in [2.05, 4.69) is 20.2 Å². The van der Waals surface area contributed by atoms with Gasteiger partial charge in [0.2, 0.25) is 0 Å². The zero-order valence-electron chi connectivity index (χ0n) is 13.4. The Kier molecular flexibility index (Phi) is 5.35. The Bertz CT molecular complexity index is 596. The number of benzene rings is 1. The van der Waals surface area contributed by atoms with Crippen LogP contribution < -0.4 is 4.74 Å². The van der Waals surface area contributed by atoms with E-state index < -0.39 is 0 Å². The minimum Gasteiger partial charge on any atom is -0.486 e. The van der Waals surface area contributed by atoms with Gasteiger partial charge in [0, 0.05) is 28.2 Å². The Morgan fingerprint density at radius 3 is 2.45 bits per heavy atom. The molecule has 1 aromatic carbocycles. The predicted octanol–water partition coefficient (Wildman–Crippen LogP) is 1.36. The van der Waals surface area contributed by atoms with E-state index in [0.717, 1.165) is 11.7 Å². The van der Waals surface area contributed by atoms with Crippen LogP contribution in [0.3, 0.4) is 0 Å². The lowest BCUT2D eigenvalue weighted by molar-refractivity contribution is 0.296. The second-order valence-corrected chi connectivity index (χ2v) is 5.21. The molecule has 0 spiro atoms. The van der Waals surface area contributed by atoms with Crippen molar-refractivity contribution in [2.24, 2.45) is 4.99 Å². The minimum atomic E-state index is 0.356. The number of para-hydroxylation sites is 1. The fraction of sp³-hybridized carbons (Fsp3) is 0.400. The molecule has 0 aliphatic carbocycles. The Labute approximate surface area is 130 Å². The molecule has 1 heterocycles. The predicted molar refractivity (Wildman–Crippen MR) is 85.7 cm³/mol. The number of aromatic amines is 1. The highest BCUT2D eigenvalue weighted by Crippen LogP contribution is 2.10. The van der Waals surface area contributed by atoms with Gasteiger partial charge >= 0.3 is 0 Å². The van der Waals surface area contributed by atoms with Crippen LogP contribution in [0.15, 0.2) is 35.3 Å². The van der Waals surface area contributed by atoms with Gasteiger partial charge in [-0.1, -0.05) is 18.2 Å². The molecule has 0 saturated carbocycles. The SMILES string of the molecule is CN(C)C(=NCc1n[nH]c(COc2ccccc2)n1)N(C)C. The van der Waals surface area contributed by atoms with Crippen molar-refractivity contribution in [2.75, 3.05) is 28.2 Å². The first-order chi connectivity index (χ1) is 10.6. The van der Waals surface area contributed by atoms with Gasteiger partial charge in [0.1, 0.15) is 18.9 Å². The molecular weight excluding hydrogens is 280 g/mol. The van der Waals surface area contributed by atoms with Crippen LogP contribution in [0.1, 0.15) is 11.6 Å². The number of H-pyrrole nitrogens is 1. The van der Waals surface area contributed by atoms with E-state index in [9.17, 15) is 0 Å². The van der Waals surface area contributed by atoms with Crippen molar-refractivity contribution < 1.29 is 4.74 Å². The van der Waals surface area contributed by atoms with Crippen LogP contribution in [0.4, 0.5) is 0 Å². The van der Waals surface area contributed by atoms with Crippen LogP contribution in [0.5, 0.6) is 5.75 Å². The molecule has 118 valence electrons. The number of aromatic nitrogens is 3. The number of aliphatic imine (C=N–C) groups is 1. The first-order valence-electron chi connectivity index (χ1n) is 7.03. The molecule has 0 radical (unpaired) electrons. The average Bonchev–Trinajstić information content (AvgIpc) is 2.93. The normalized spacial score (nSPS) is 10.2. The third-order valence-electron chi connectivity index (χ3n) is 2.86. The van der Waals surface area contributed by atoms with Crippen LogP contribution in [0, 0.1) is 0 Å². The number of ether oxygens (including phenoxy) is 1. The molecule has 0 unspecified atom stereocenters. The Morgan fingerprint density at radius 1 is 1.14 bits per heavy atom. The highest BCUT2D eigenvalue weighted by atomic mass is 16.5. The van der Waals surface area contributed by atoms with Crippen molar-refractivity contribution in [1.29, 1.82) is 0 Å². The topological polar surface area (TPSA) is 69.6 Å². The van der Waals surface area contributed by atoms with Gasteiger partial charge in [0.05, 0.1) is 0 Å². The van der Waals surface area contributed by atoms with Crippen LogP contribution in [0.25, 0.3) is 0 Å². The van der Waals surface area contributed by atoms with Crippen LogP contribution in [0.2, 0.25) is 0 Å². The molecule has 7 nitrogen and oxygen atoms in total. The zero-order valence-corrected chi connectivity index (χ0v) is 13.4. The third kappa shape index (κ3) is 4.47. The summed E-state index contributed by atoms with van der Waals surface area (Å²) in [6.07, 6.45) is 0. The number of hydrogen-bond acceptors (Lipinski definition) is 4. The molecular formula is C15H22N6O. The van der Waals surface area contributed by atoms with E-state index in [0.29, 0.717) is 24.8 Å². The highest BCUT2D eigenvalue weighted by Gasteiger charge is 2.07. The van der Waals surface area contributed by atoms with E-state index in [-0.39, 0.29) is 0 Å². The number of nitrogens with one attached hydrogen (secondary N) is 1. The average molecular weight is 302 g/mol. The van der Waals surface area contributed by atoms with Crippen molar-refractivity contribution in [3.05, 3.63) is 42.0 Å². The lowest BCUT2D eigenvalue weighted by Gasteiger charge is -2.22. The van der Waals surface area contributed by atoms with Gasteiger partial charge in [-0.05, 0) is 12.1 Å². The van der Waals surface area contributed by atoms with Gasteiger partial charge < -0.3 is 14.5 Å². The monoisotopic (exact) mass is 302 g/mol. The molecule has 0 amide bonds. The van der Waals surface area contributed by atoms with Gasteiger partial charge in [-0.3, -0.25) is 5.10 Å². The van der Waals surface area contributed by atoms with E-state index in [1.165, 1.54) is 0 Å². The summed E-state index contributed by atoms with van der Waals surface area (Å²) in [5, 5.41) is 7.03. The summed E-state index contributed by atoms with van der Waals surface area (Å²) >= 11 is 0. The summed E-state index contributed by atoms with van der Waals surface area (Å²) < 4.78 is 5.62. The van der Waals surface area contributed by atoms with Crippen molar-refractivity contribution in [2.45, 2.75) is 13.2 Å². The van der Waals surface area contributed by atoms with E-state index >= 15 is 0 Å². The first-order valence-corrected chi connectivity index (χ1v) is 7.03. The maximum absolute atomic E-state index is 5.62. The summed E-state index contributed by atoms with van der Waals surface area (Å²) in [4.78, 5) is 12.8. The molecule has 0 atom stereocenters. The molecule has 0 saturated heterocycles. The van der Waals surface area contributed by atoms with E-state index in [1.807, 2.05) is 68.3 Å². The maximum Gasteiger partial charge on any atom is 0.195 e. The quantitative estimate of drug-likeness (QED) is 0.667. The molecule has 0 aliphatic rings. The van der Waals surface area contributed by atoms with Crippen molar-refractivity contribution in [1.82, 2.24) is 25.0 Å². The largest absolute Gasteiger partial charge is 0.486 e. The molecule has 0 fully saturated rings.